The molecule has 1 aliphatic heterocycles. The van der Waals surface area contributed by atoms with E-state index in [4.69, 9.17) is 10.2 Å². The normalized spacial score (nSPS) is 19.3. The number of nitrogens with zero attached hydrogens (tertiary/aromatic N) is 3. The molecule has 0 radical (unpaired) electrons. The summed E-state index contributed by atoms with van der Waals surface area (Å²) >= 11 is 0. The second-order valence-corrected chi connectivity index (χ2v) is 6.16. The van der Waals surface area contributed by atoms with E-state index in [2.05, 4.69) is 14.7 Å². The molecule has 3 aromatic rings. The molecule has 0 saturated carbocycles. The minimum atomic E-state index is -4.83. The van der Waals surface area contributed by atoms with Gasteiger partial charge in [-0.05, 0) is 41.5 Å². The first-order valence-corrected chi connectivity index (χ1v) is 8.64. The summed E-state index contributed by atoms with van der Waals surface area (Å²) in [5.74, 6) is -1.37. The summed E-state index contributed by atoms with van der Waals surface area (Å²) < 4.78 is 79.2. The molecule has 0 unspecified atom stereocenters. The van der Waals surface area contributed by atoms with E-state index in [1.54, 1.807) is 0 Å². The second kappa shape index (κ2) is 8.02. The van der Waals surface area contributed by atoms with E-state index >= 15 is 0 Å². The van der Waals surface area contributed by atoms with E-state index < -0.39 is 37.6 Å². The number of benzene rings is 2. The van der Waals surface area contributed by atoms with Crippen LogP contribution in [-0.2, 0) is 6.54 Å². The zero-order valence-corrected chi connectivity index (χ0v) is 15.2. The number of halogens is 3. The molecule has 1 aromatic heterocycles. The highest BCUT2D eigenvalue weighted by Crippen LogP contribution is 2.31. The number of rotatable bonds is 4. The fourth-order valence-electron chi connectivity index (χ4n) is 2.81. The Labute approximate surface area is 175 Å². The van der Waals surface area contributed by atoms with Crippen LogP contribution in [0.25, 0.3) is 11.1 Å². The topological polar surface area (TPSA) is 64.6 Å². The number of aromatic nitrogens is 2. The van der Waals surface area contributed by atoms with Gasteiger partial charge in [-0.15, -0.1) is 13.2 Å². The van der Waals surface area contributed by atoms with E-state index in [0.29, 0.717) is 16.0 Å². The van der Waals surface area contributed by atoms with Crippen LogP contribution in [0.15, 0.2) is 60.9 Å². The van der Waals surface area contributed by atoms with Crippen LogP contribution in [0.4, 0.5) is 13.2 Å². The van der Waals surface area contributed by atoms with Crippen molar-refractivity contribution in [1.29, 1.82) is 0 Å². The van der Waals surface area contributed by atoms with Gasteiger partial charge in [0.05, 0.1) is 24.1 Å². The Hall–Kier alpha value is -3.62. The quantitative estimate of drug-likeness (QED) is 0.638. The van der Waals surface area contributed by atoms with Gasteiger partial charge in [0.15, 0.2) is 0 Å². The number of alkyl halides is 3. The van der Waals surface area contributed by atoms with E-state index in [-0.39, 0.29) is 17.1 Å². The van der Waals surface area contributed by atoms with Gasteiger partial charge in [0, 0.05) is 12.4 Å². The van der Waals surface area contributed by atoms with Crippen molar-refractivity contribution < 1.29 is 32.9 Å². The largest absolute Gasteiger partial charge is 0.573 e. The molecule has 1 amide bonds. The monoisotopic (exact) mass is 419 g/mol. The minimum absolute atomic E-state index is 0.0929. The number of carbonyl (C=O) groups is 1. The average molecular weight is 419 g/mol. The summed E-state index contributed by atoms with van der Waals surface area (Å²) in [5.41, 5.74) is 0.723. The van der Waals surface area contributed by atoms with E-state index in [0.717, 1.165) is 12.1 Å². The van der Waals surface area contributed by atoms with Crippen LogP contribution < -0.4 is 9.47 Å². The molecule has 4 rings (SSSR count). The predicted molar refractivity (Wildman–Crippen MR) is 101 cm³/mol. The Morgan fingerprint density at radius 1 is 1.10 bits per heavy atom. The summed E-state index contributed by atoms with van der Waals surface area (Å²) in [6, 6.07) is 10.6. The molecule has 0 atom stereocenters. The maximum atomic E-state index is 13.4. The van der Waals surface area contributed by atoms with Gasteiger partial charge < -0.3 is 14.4 Å². The average Bonchev–Trinajstić information content (AvgIpc) is 2.81. The fraction of sp³-hybridized carbons (Fsp3) is 0.190. The van der Waals surface area contributed by atoms with E-state index in [1.807, 2.05) is 0 Å². The first-order valence-electron chi connectivity index (χ1n) is 10.6. The third-order valence-electron chi connectivity index (χ3n) is 4.14. The number of amides is 1. The molecule has 6 nitrogen and oxygen atoms in total. The number of ether oxygens (including phenoxy) is 2. The van der Waals surface area contributed by atoms with E-state index in [1.165, 1.54) is 48.8 Å². The molecule has 1 aliphatic rings. The van der Waals surface area contributed by atoms with Crippen molar-refractivity contribution >= 4 is 5.91 Å². The van der Waals surface area contributed by atoms with Crippen LogP contribution in [0.1, 0.15) is 21.7 Å². The van der Waals surface area contributed by atoms with Crippen LogP contribution in [0, 0.1) is 0 Å². The number of carbonyl (C=O) groups excluding carboxylic acids is 1. The van der Waals surface area contributed by atoms with Crippen LogP contribution in [0.3, 0.4) is 0 Å². The van der Waals surface area contributed by atoms with Gasteiger partial charge >= 0.3 is 6.36 Å². The standard InChI is InChI=1S/C21H16F3N3O3/c22-21(23,24)30-16-5-2-14(3-6-16)15-4-7-18-17(12-15)20(28)27(10-11-29-18)13-19-25-8-1-9-26-19/h1-9,12H,10-11,13H2/i10D2,11D2. The highest BCUT2D eigenvalue weighted by molar-refractivity contribution is 5.98. The van der Waals surface area contributed by atoms with Crippen molar-refractivity contribution in [1.82, 2.24) is 14.9 Å². The molecule has 0 bridgehead atoms. The maximum absolute atomic E-state index is 13.4. The first kappa shape index (κ1) is 15.3. The van der Waals surface area contributed by atoms with Crippen LogP contribution in [0.2, 0.25) is 0 Å². The first-order chi connectivity index (χ1) is 15.9. The lowest BCUT2D eigenvalue weighted by atomic mass is 10.0. The van der Waals surface area contributed by atoms with Crippen molar-refractivity contribution in [3.8, 4) is 22.6 Å². The molecule has 0 spiro atoms. The maximum Gasteiger partial charge on any atom is 0.573 e. The van der Waals surface area contributed by atoms with Crippen molar-refractivity contribution in [2.45, 2.75) is 12.9 Å². The summed E-state index contributed by atoms with van der Waals surface area (Å²) in [5, 5.41) is 0. The van der Waals surface area contributed by atoms with Gasteiger partial charge in [0.2, 0.25) is 0 Å². The van der Waals surface area contributed by atoms with Crippen LogP contribution >= 0.6 is 0 Å². The van der Waals surface area contributed by atoms with Gasteiger partial charge in [-0.1, -0.05) is 18.2 Å². The third-order valence-corrected chi connectivity index (χ3v) is 4.14. The third kappa shape index (κ3) is 4.51. The Balaban J connectivity index is 1.73. The van der Waals surface area contributed by atoms with Crippen molar-refractivity contribution in [2.75, 3.05) is 13.1 Å². The van der Waals surface area contributed by atoms with Gasteiger partial charge in [-0.25, -0.2) is 9.97 Å². The van der Waals surface area contributed by atoms with Gasteiger partial charge in [0.1, 0.15) is 23.9 Å². The molecule has 9 heteroatoms. The second-order valence-electron chi connectivity index (χ2n) is 6.16. The lowest BCUT2D eigenvalue weighted by molar-refractivity contribution is -0.274. The molecular formula is C21H16F3N3O3. The highest BCUT2D eigenvalue weighted by atomic mass is 19.4. The molecule has 2 aromatic carbocycles. The van der Waals surface area contributed by atoms with Gasteiger partial charge in [-0.3, -0.25) is 4.79 Å². The minimum Gasteiger partial charge on any atom is -0.491 e. The van der Waals surface area contributed by atoms with Crippen molar-refractivity contribution in [3.63, 3.8) is 0 Å². The summed E-state index contributed by atoms with van der Waals surface area (Å²) in [7, 11) is 0. The Morgan fingerprint density at radius 3 is 2.50 bits per heavy atom. The highest BCUT2D eigenvalue weighted by Gasteiger charge is 2.31. The number of fused-ring (bicyclic) bond motifs is 1. The molecular weight excluding hydrogens is 399 g/mol. The zero-order valence-electron chi connectivity index (χ0n) is 19.2. The van der Waals surface area contributed by atoms with Gasteiger partial charge in [-0.2, -0.15) is 0 Å². The fourth-order valence-corrected chi connectivity index (χ4v) is 2.81. The summed E-state index contributed by atoms with van der Waals surface area (Å²) in [6.07, 6.45) is -2.02. The van der Waals surface area contributed by atoms with Crippen LogP contribution in [-0.4, -0.2) is 40.2 Å². The lowest BCUT2D eigenvalue weighted by Gasteiger charge is -2.19. The number of hydrogen-bond donors (Lipinski definition) is 0. The molecule has 0 aliphatic carbocycles. The molecule has 2 heterocycles. The number of hydrogen-bond acceptors (Lipinski definition) is 5. The molecule has 0 N–H and O–H groups in total. The Kier molecular flexibility index (Phi) is 4.08. The lowest BCUT2D eigenvalue weighted by Crippen LogP contribution is -2.32. The molecule has 0 saturated heterocycles. The van der Waals surface area contributed by atoms with Gasteiger partial charge in [0.25, 0.3) is 5.91 Å². The molecule has 30 heavy (non-hydrogen) atoms. The van der Waals surface area contributed by atoms with Crippen LogP contribution in [0.5, 0.6) is 11.5 Å². The SMILES string of the molecule is [2H]C1([2H])Oc2ccc(-c3ccc(OC(F)(F)F)cc3)cc2C(=O)N(Cc2ncccn2)C1([2H])[2H]. The summed E-state index contributed by atoms with van der Waals surface area (Å²) in [6.45, 7) is -6.23. The molecule has 0 fully saturated rings. The van der Waals surface area contributed by atoms with Crippen molar-refractivity contribution in [2.24, 2.45) is 0 Å². The summed E-state index contributed by atoms with van der Waals surface area (Å²) in [4.78, 5) is 22.0. The Bertz CT molecular complexity index is 1210. The van der Waals surface area contributed by atoms with E-state index in [9.17, 15) is 18.0 Å². The molecule has 154 valence electrons. The Morgan fingerprint density at radius 2 is 1.80 bits per heavy atom. The van der Waals surface area contributed by atoms with Crippen molar-refractivity contribution in [3.05, 3.63) is 72.3 Å². The smallest absolute Gasteiger partial charge is 0.491 e. The zero-order chi connectivity index (χ0) is 24.7. The predicted octanol–water partition coefficient (Wildman–Crippen LogP) is 4.08.